The van der Waals surface area contributed by atoms with Crippen molar-refractivity contribution in [1.29, 1.82) is 0 Å². The Morgan fingerprint density at radius 2 is 1.90 bits per heavy atom. The second-order valence-electron chi connectivity index (χ2n) is 6.54. The van der Waals surface area contributed by atoms with Crippen LogP contribution in [0.2, 0.25) is 0 Å². The molecule has 13 heteroatoms. The first-order valence-electron chi connectivity index (χ1n) is 9.07. The summed E-state index contributed by atoms with van der Waals surface area (Å²) in [6, 6.07) is 5.00. The summed E-state index contributed by atoms with van der Waals surface area (Å²) in [6.07, 6.45) is -0.806. The van der Waals surface area contributed by atoms with Crippen molar-refractivity contribution in [3.8, 4) is 17.4 Å². The highest BCUT2D eigenvalue weighted by Crippen LogP contribution is 2.54. The predicted molar refractivity (Wildman–Crippen MR) is 107 cm³/mol. The van der Waals surface area contributed by atoms with Gasteiger partial charge in [0.2, 0.25) is 11.8 Å². The van der Waals surface area contributed by atoms with E-state index in [0.29, 0.717) is 22.8 Å². The lowest BCUT2D eigenvalue weighted by Crippen LogP contribution is -2.20. The number of halogens is 2. The third-order valence-corrected chi connectivity index (χ3v) is 5.38. The quantitative estimate of drug-likeness (QED) is 0.288. The van der Waals surface area contributed by atoms with Gasteiger partial charge in [0.1, 0.15) is 18.1 Å². The number of hydrogen-bond acceptors (Lipinski definition) is 8. The van der Waals surface area contributed by atoms with Gasteiger partial charge in [-0.1, -0.05) is 6.07 Å². The minimum absolute atomic E-state index is 0.0235. The number of anilines is 1. The summed E-state index contributed by atoms with van der Waals surface area (Å²) in [6.45, 7) is 1.13. The van der Waals surface area contributed by atoms with Crippen molar-refractivity contribution in [1.82, 2.24) is 9.97 Å². The van der Waals surface area contributed by atoms with E-state index in [9.17, 15) is 18.5 Å². The topological polar surface area (TPSA) is 157 Å². The third-order valence-electron chi connectivity index (χ3n) is 4.30. The van der Waals surface area contributed by atoms with E-state index in [0.717, 1.165) is 5.56 Å². The van der Waals surface area contributed by atoms with E-state index in [2.05, 4.69) is 9.97 Å². The molecule has 0 unspecified atom stereocenters. The zero-order chi connectivity index (χ0) is 23.2. The van der Waals surface area contributed by atoms with Gasteiger partial charge in [0.25, 0.3) is 0 Å². The average molecular weight is 463 g/mol. The van der Waals surface area contributed by atoms with Crippen LogP contribution in [0.15, 0.2) is 18.2 Å². The predicted octanol–water partition coefficient (Wildman–Crippen LogP) is 2.23. The number of ether oxygens (including phenoxy) is 3. The van der Waals surface area contributed by atoms with Crippen LogP contribution in [-0.4, -0.2) is 57.5 Å². The monoisotopic (exact) mass is 463 g/mol. The van der Waals surface area contributed by atoms with Crippen LogP contribution in [0, 0.1) is 6.92 Å². The van der Waals surface area contributed by atoms with E-state index >= 15 is 0 Å². The largest absolute Gasteiger partial charge is 0.496 e. The second-order valence-corrected chi connectivity index (χ2v) is 8.28. The second kappa shape index (κ2) is 10.2. The fraction of sp³-hybridized carbons (Fsp3) is 0.444. The number of aromatic hydroxyl groups is 1. The van der Waals surface area contributed by atoms with Gasteiger partial charge in [0.15, 0.2) is 0 Å². The zero-order valence-corrected chi connectivity index (χ0v) is 17.8. The third kappa shape index (κ3) is 6.73. The Labute approximate surface area is 177 Å². The number of rotatable bonds is 11. The molecule has 0 radical (unpaired) electrons. The van der Waals surface area contributed by atoms with Gasteiger partial charge in [0.05, 0.1) is 26.0 Å². The number of nitrogens with two attached hydrogens (primary N) is 1. The van der Waals surface area contributed by atoms with Crippen LogP contribution < -0.4 is 15.2 Å². The smallest absolute Gasteiger partial charge is 0.394 e. The maximum absolute atomic E-state index is 13.1. The number of aromatic nitrogens is 2. The highest BCUT2D eigenvalue weighted by atomic mass is 31.2. The molecule has 0 aliphatic heterocycles. The van der Waals surface area contributed by atoms with Crippen molar-refractivity contribution >= 4 is 13.5 Å². The van der Waals surface area contributed by atoms with Crippen molar-refractivity contribution in [3.63, 3.8) is 0 Å². The molecule has 0 saturated heterocycles. The van der Waals surface area contributed by atoms with E-state index in [1.54, 1.807) is 25.1 Å². The molecule has 0 spiro atoms. The number of nitrogen functional groups attached to an aromatic ring is 1. The van der Waals surface area contributed by atoms with Crippen LogP contribution >= 0.6 is 7.60 Å². The van der Waals surface area contributed by atoms with Crippen LogP contribution in [0.25, 0.3) is 0 Å². The van der Waals surface area contributed by atoms with Crippen LogP contribution in [0.3, 0.4) is 0 Å². The number of nitrogens with zero attached hydrogens (tertiary/aromatic N) is 2. The van der Waals surface area contributed by atoms with E-state index in [1.807, 2.05) is 0 Å². The summed E-state index contributed by atoms with van der Waals surface area (Å²) in [5, 5.41) is 10.0. The summed E-state index contributed by atoms with van der Waals surface area (Å²) < 4.78 is 52.7. The normalized spacial score (nSPS) is 12.1. The number of alkyl halides is 2. The molecule has 5 N–H and O–H groups in total. The molecule has 0 fully saturated rings. The average Bonchev–Trinajstić information content (AvgIpc) is 2.66. The van der Waals surface area contributed by atoms with Gasteiger partial charge in [-0.3, -0.25) is 4.57 Å². The van der Waals surface area contributed by atoms with Gasteiger partial charge >= 0.3 is 13.3 Å². The molecule has 0 aliphatic rings. The van der Waals surface area contributed by atoms with Crippen LogP contribution in [-0.2, 0) is 15.7 Å². The maximum Gasteiger partial charge on any atom is 0.394 e. The number of methoxy groups -OCH3 is 1. The molecule has 1 aromatic carbocycles. The molecule has 2 rings (SSSR count). The van der Waals surface area contributed by atoms with E-state index in [-0.39, 0.29) is 31.5 Å². The minimum Gasteiger partial charge on any atom is -0.496 e. The Bertz CT molecular complexity index is 933. The minimum atomic E-state index is -5.51. The highest BCUT2D eigenvalue weighted by Gasteiger charge is 2.47. The molecule has 1 heterocycles. The van der Waals surface area contributed by atoms with Crippen LogP contribution in [0.4, 0.5) is 14.7 Å². The van der Waals surface area contributed by atoms with Crippen LogP contribution in [0.1, 0.15) is 23.2 Å². The first kappa shape index (κ1) is 24.7. The highest BCUT2D eigenvalue weighted by molar-refractivity contribution is 7.53. The molecule has 0 bridgehead atoms. The molecule has 10 nitrogen and oxygen atoms in total. The van der Waals surface area contributed by atoms with Gasteiger partial charge in [-0.2, -0.15) is 13.8 Å². The summed E-state index contributed by atoms with van der Waals surface area (Å²) in [5.41, 5.74) is 3.15. The van der Waals surface area contributed by atoms with Gasteiger partial charge in [0, 0.05) is 24.5 Å². The van der Waals surface area contributed by atoms with Gasteiger partial charge in [-0.25, -0.2) is 4.98 Å². The van der Waals surface area contributed by atoms with Gasteiger partial charge in [-0.15, -0.1) is 0 Å². The molecule has 172 valence electrons. The number of aryl methyl sites for hydroxylation is 1. The molecular formula is C18H24F2N3O7P. The van der Waals surface area contributed by atoms with Crippen molar-refractivity contribution in [3.05, 3.63) is 35.0 Å². The Morgan fingerprint density at radius 1 is 1.19 bits per heavy atom. The lowest BCUT2D eigenvalue weighted by atomic mass is 10.0. The first-order valence-corrected chi connectivity index (χ1v) is 10.7. The maximum atomic E-state index is 13.1. The molecule has 31 heavy (non-hydrogen) atoms. The molecule has 0 saturated carbocycles. The lowest BCUT2D eigenvalue weighted by Gasteiger charge is -2.17. The summed E-state index contributed by atoms with van der Waals surface area (Å²) >= 11 is 0. The van der Waals surface area contributed by atoms with E-state index in [1.165, 1.54) is 7.11 Å². The number of benzene rings is 1. The Morgan fingerprint density at radius 3 is 2.52 bits per heavy atom. The standard InChI is InChI=1S/C18H24F2N3O7P/c1-11-14(16(24)23-17(21)22-11)9-12-3-4-13(10-15(12)28-2)30-8-7-29-6-5-18(19,20)31(25,26)27/h3-4,10H,5-9H2,1-2H3,(H2,25,26,27)(H3,21,22,23,24). The number of hydrogen-bond donors (Lipinski definition) is 4. The van der Waals surface area contributed by atoms with Crippen molar-refractivity contribution in [2.75, 3.05) is 32.7 Å². The van der Waals surface area contributed by atoms with Crippen molar-refractivity contribution < 1.29 is 42.4 Å². The van der Waals surface area contributed by atoms with Gasteiger partial charge in [-0.05, 0) is 18.6 Å². The molecule has 1 aromatic heterocycles. The molecule has 0 amide bonds. The fourth-order valence-electron chi connectivity index (χ4n) is 2.62. The van der Waals surface area contributed by atoms with E-state index < -0.39 is 26.3 Å². The molecular weight excluding hydrogens is 439 g/mol. The summed E-state index contributed by atoms with van der Waals surface area (Å²) in [7, 11) is -4.04. The fourth-order valence-corrected chi connectivity index (χ4v) is 3.00. The van der Waals surface area contributed by atoms with E-state index in [4.69, 9.17) is 29.7 Å². The molecule has 0 aliphatic carbocycles. The first-order chi connectivity index (χ1) is 14.4. The summed E-state index contributed by atoms with van der Waals surface area (Å²) in [4.78, 5) is 24.9. The van der Waals surface area contributed by atoms with Gasteiger partial charge < -0.3 is 34.8 Å². The Hall–Kier alpha value is -2.53. The summed E-state index contributed by atoms with van der Waals surface area (Å²) in [5.74, 6) is 0.672. The van der Waals surface area contributed by atoms with Crippen LogP contribution in [0.5, 0.6) is 17.4 Å². The SMILES string of the molecule is COc1cc(OCCOCCC(F)(F)P(=O)(O)O)ccc1Cc1c(C)nc(N)nc1O. The molecule has 0 atom stereocenters. The Balaban J connectivity index is 1.90. The lowest BCUT2D eigenvalue weighted by molar-refractivity contribution is 0.00972. The zero-order valence-electron chi connectivity index (χ0n) is 16.9. The molecule has 2 aromatic rings. The van der Waals surface area contributed by atoms with Crippen molar-refractivity contribution in [2.45, 2.75) is 25.4 Å². The van der Waals surface area contributed by atoms with Crippen molar-refractivity contribution in [2.24, 2.45) is 0 Å². The Kier molecular flexibility index (Phi) is 8.13.